The quantitative estimate of drug-likeness (QED) is 0.695. The molecule has 0 aromatic rings. The van der Waals surface area contributed by atoms with Crippen molar-refractivity contribution >= 4 is 5.91 Å². The van der Waals surface area contributed by atoms with E-state index in [0.29, 0.717) is 19.3 Å². The molecule has 0 radical (unpaired) electrons. The Labute approximate surface area is 83.2 Å². The van der Waals surface area contributed by atoms with Gasteiger partial charge < -0.3 is 11.1 Å². The maximum absolute atomic E-state index is 13.8. The first-order valence-corrected chi connectivity index (χ1v) is 5.28. The molecule has 0 aromatic heterocycles. The normalized spacial score (nSPS) is 41.0. The first-order valence-electron chi connectivity index (χ1n) is 5.28. The van der Waals surface area contributed by atoms with E-state index in [-0.39, 0.29) is 18.0 Å². The Morgan fingerprint density at radius 2 is 1.71 bits per heavy atom. The highest BCUT2D eigenvalue weighted by Crippen LogP contribution is 2.48. The second kappa shape index (κ2) is 3.19. The van der Waals surface area contributed by atoms with Crippen molar-refractivity contribution in [2.24, 2.45) is 5.73 Å². The molecule has 14 heavy (non-hydrogen) atoms. The molecule has 3 aliphatic carbocycles. The summed E-state index contributed by atoms with van der Waals surface area (Å²) in [5.74, 6) is -0.113. The number of amides is 1. The Hall–Kier alpha value is -0.640. The number of rotatable bonds is 2. The van der Waals surface area contributed by atoms with E-state index < -0.39 is 5.67 Å². The molecule has 3 fully saturated rings. The molecule has 0 saturated heterocycles. The van der Waals surface area contributed by atoms with Crippen LogP contribution >= 0.6 is 0 Å². The lowest BCUT2D eigenvalue weighted by molar-refractivity contribution is -0.124. The second-order valence-corrected chi connectivity index (χ2v) is 4.68. The van der Waals surface area contributed by atoms with Crippen LogP contribution in [0.1, 0.15) is 38.5 Å². The number of carbonyl (C=O) groups is 1. The molecule has 3 nitrogen and oxygen atoms in total. The minimum atomic E-state index is -0.935. The molecule has 0 unspecified atom stereocenters. The van der Waals surface area contributed by atoms with Gasteiger partial charge in [-0.3, -0.25) is 4.79 Å². The smallest absolute Gasteiger partial charge is 0.234 e. The first-order chi connectivity index (χ1) is 6.58. The molecule has 0 atom stereocenters. The van der Waals surface area contributed by atoms with Crippen molar-refractivity contribution in [1.82, 2.24) is 5.32 Å². The highest BCUT2D eigenvalue weighted by Gasteiger charge is 2.49. The van der Waals surface area contributed by atoms with Crippen molar-refractivity contribution < 1.29 is 9.18 Å². The third-order valence-electron chi connectivity index (χ3n) is 3.74. The van der Waals surface area contributed by atoms with E-state index in [1.807, 2.05) is 0 Å². The van der Waals surface area contributed by atoms with Crippen LogP contribution in [0.3, 0.4) is 0 Å². The lowest BCUT2D eigenvalue weighted by Gasteiger charge is -2.49. The predicted octanol–water partition coefficient (Wildman–Crippen LogP) is 0.876. The molecule has 4 heteroatoms. The van der Waals surface area contributed by atoms with Crippen molar-refractivity contribution in [2.75, 3.05) is 6.54 Å². The van der Waals surface area contributed by atoms with Crippen LogP contribution in [-0.4, -0.2) is 23.7 Å². The van der Waals surface area contributed by atoms with Gasteiger partial charge >= 0.3 is 0 Å². The zero-order valence-corrected chi connectivity index (χ0v) is 8.31. The molecular weight excluding hydrogens is 183 g/mol. The Morgan fingerprint density at radius 3 is 2.14 bits per heavy atom. The van der Waals surface area contributed by atoms with Crippen molar-refractivity contribution in [2.45, 2.75) is 49.7 Å². The standard InChI is InChI=1S/C10H17FN2O/c11-9-1-4-10(5-2-9,6-3-9)13-8(14)7-12/h1-7,12H2,(H,13,14). The summed E-state index contributed by atoms with van der Waals surface area (Å²) in [4.78, 5) is 11.2. The van der Waals surface area contributed by atoms with Crippen molar-refractivity contribution in [3.63, 3.8) is 0 Å². The Balaban J connectivity index is 2.01. The van der Waals surface area contributed by atoms with Gasteiger partial charge in [0.25, 0.3) is 0 Å². The highest BCUT2D eigenvalue weighted by molar-refractivity contribution is 5.78. The predicted molar refractivity (Wildman–Crippen MR) is 51.5 cm³/mol. The molecule has 0 aliphatic heterocycles. The lowest BCUT2D eigenvalue weighted by atomic mass is 9.64. The number of alkyl halides is 1. The number of fused-ring (bicyclic) bond motifs is 3. The van der Waals surface area contributed by atoms with Crippen LogP contribution in [0.4, 0.5) is 4.39 Å². The van der Waals surface area contributed by atoms with E-state index >= 15 is 0 Å². The monoisotopic (exact) mass is 200 g/mol. The zero-order chi connectivity index (χ0) is 10.2. The average Bonchev–Trinajstić information content (AvgIpc) is 2.20. The maximum Gasteiger partial charge on any atom is 0.234 e. The van der Waals surface area contributed by atoms with Gasteiger partial charge in [-0.25, -0.2) is 4.39 Å². The number of hydrogen-bond acceptors (Lipinski definition) is 2. The van der Waals surface area contributed by atoms with E-state index in [1.54, 1.807) is 0 Å². The number of hydrogen-bond donors (Lipinski definition) is 2. The molecular formula is C10H17FN2O. The van der Waals surface area contributed by atoms with Gasteiger partial charge in [0.1, 0.15) is 5.67 Å². The molecule has 3 N–H and O–H groups in total. The number of carbonyl (C=O) groups excluding carboxylic acids is 1. The summed E-state index contributed by atoms with van der Waals surface area (Å²) in [5.41, 5.74) is 4.19. The van der Waals surface area contributed by atoms with Crippen LogP contribution in [0.5, 0.6) is 0 Å². The molecule has 3 rings (SSSR count). The zero-order valence-electron chi connectivity index (χ0n) is 8.31. The Bertz CT molecular complexity index is 230. The topological polar surface area (TPSA) is 55.1 Å². The van der Waals surface area contributed by atoms with Crippen LogP contribution in [0.2, 0.25) is 0 Å². The minimum absolute atomic E-state index is 0.0303. The van der Waals surface area contributed by atoms with E-state index in [4.69, 9.17) is 5.73 Å². The summed E-state index contributed by atoms with van der Waals surface area (Å²) in [7, 11) is 0. The van der Waals surface area contributed by atoms with Crippen LogP contribution in [0.25, 0.3) is 0 Å². The fourth-order valence-corrected chi connectivity index (χ4v) is 2.67. The fourth-order valence-electron chi connectivity index (χ4n) is 2.67. The van der Waals surface area contributed by atoms with Gasteiger partial charge in [0.05, 0.1) is 6.54 Å². The molecule has 1 amide bonds. The average molecular weight is 200 g/mol. The summed E-state index contributed by atoms with van der Waals surface area (Å²) >= 11 is 0. The van der Waals surface area contributed by atoms with Crippen LogP contribution < -0.4 is 11.1 Å². The van der Waals surface area contributed by atoms with Gasteiger partial charge in [0.15, 0.2) is 0 Å². The summed E-state index contributed by atoms with van der Waals surface area (Å²) in [6.45, 7) is 0.0303. The van der Waals surface area contributed by atoms with Crippen LogP contribution in [-0.2, 0) is 4.79 Å². The lowest BCUT2D eigenvalue weighted by Crippen LogP contribution is -2.58. The summed E-state index contributed by atoms with van der Waals surface area (Å²) in [6, 6.07) is 0. The molecule has 0 aromatic carbocycles. The van der Waals surface area contributed by atoms with Gasteiger partial charge in [-0.15, -0.1) is 0 Å². The summed E-state index contributed by atoms with van der Waals surface area (Å²) in [5, 5.41) is 2.96. The Morgan fingerprint density at radius 1 is 1.21 bits per heavy atom. The third kappa shape index (κ3) is 1.63. The SMILES string of the molecule is NCC(=O)NC12CCC(F)(CC1)CC2. The third-order valence-corrected chi connectivity index (χ3v) is 3.74. The second-order valence-electron chi connectivity index (χ2n) is 4.68. The van der Waals surface area contributed by atoms with Gasteiger partial charge in [-0.05, 0) is 38.5 Å². The summed E-state index contributed by atoms with van der Waals surface area (Å²) < 4.78 is 13.8. The molecule has 2 bridgehead atoms. The van der Waals surface area contributed by atoms with Gasteiger partial charge in [0.2, 0.25) is 5.91 Å². The Kier molecular flexibility index (Phi) is 2.26. The van der Waals surface area contributed by atoms with Crippen molar-refractivity contribution in [3.8, 4) is 0 Å². The minimum Gasteiger partial charge on any atom is -0.350 e. The largest absolute Gasteiger partial charge is 0.350 e. The van der Waals surface area contributed by atoms with Gasteiger partial charge in [-0.1, -0.05) is 0 Å². The highest BCUT2D eigenvalue weighted by atomic mass is 19.1. The van der Waals surface area contributed by atoms with E-state index in [0.717, 1.165) is 19.3 Å². The number of nitrogens with two attached hydrogens (primary N) is 1. The maximum atomic E-state index is 13.8. The van der Waals surface area contributed by atoms with Crippen LogP contribution in [0, 0.1) is 0 Å². The van der Waals surface area contributed by atoms with E-state index in [1.165, 1.54) is 0 Å². The number of nitrogens with one attached hydrogen (secondary N) is 1. The van der Waals surface area contributed by atoms with E-state index in [9.17, 15) is 9.18 Å². The molecule has 3 saturated carbocycles. The molecule has 3 aliphatic rings. The summed E-state index contributed by atoms with van der Waals surface area (Å²) in [6.07, 6.45) is 4.10. The first kappa shape index (κ1) is 9.90. The van der Waals surface area contributed by atoms with Crippen LogP contribution in [0.15, 0.2) is 0 Å². The number of halogens is 1. The molecule has 0 heterocycles. The van der Waals surface area contributed by atoms with Gasteiger partial charge in [0, 0.05) is 5.54 Å². The van der Waals surface area contributed by atoms with E-state index in [2.05, 4.69) is 5.32 Å². The molecule has 0 spiro atoms. The molecule has 80 valence electrons. The van der Waals surface area contributed by atoms with Crippen molar-refractivity contribution in [1.29, 1.82) is 0 Å². The van der Waals surface area contributed by atoms with Gasteiger partial charge in [-0.2, -0.15) is 0 Å². The van der Waals surface area contributed by atoms with Crippen molar-refractivity contribution in [3.05, 3.63) is 0 Å². The fraction of sp³-hybridized carbons (Fsp3) is 0.900.